The van der Waals surface area contributed by atoms with Gasteiger partial charge in [0.2, 0.25) is 59.1 Å². The van der Waals surface area contributed by atoms with Crippen molar-refractivity contribution in [3.63, 3.8) is 0 Å². The summed E-state index contributed by atoms with van der Waals surface area (Å²) in [7, 11) is 9.96. The van der Waals surface area contributed by atoms with Crippen molar-refractivity contribution in [1.82, 2.24) is 55.6 Å². The van der Waals surface area contributed by atoms with Crippen LogP contribution in [0.2, 0.25) is 0 Å². The van der Waals surface area contributed by atoms with Crippen molar-refractivity contribution >= 4 is 77.1 Å². The van der Waals surface area contributed by atoms with Gasteiger partial charge in [-0.05, 0) is 123 Å². The maximum atomic E-state index is 15.3. The van der Waals surface area contributed by atoms with E-state index in [1.807, 2.05) is 47.6 Å². The van der Waals surface area contributed by atoms with Crippen molar-refractivity contribution in [3.8, 4) is 0 Å². The molecule has 0 fully saturated rings. The van der Waals surface area contributed by atoms with Gasteiger partial charge in [-0.1, -0.05) is 102 Å². The molecule has 0 spiro atoms. The zero-order valence-corrected chi connectivity index (χ0v) is 67.9. The summed E-state index contributed by atoms with van der Waals surface area (Å²) in [4.78, 5) is 193. The van der Waals surface area contributed by atoms with Gasteiger partial charge in [0, 0.05) is 69.1 Å². The van der Waals surface area contributed by atoms with E-state index in [9.17, 15) is 53.1 Å². The number of amides is 11. The van der Waals surface area contributed by atoms with Crippen molar-refractivity contribution < 1.29 is 86.4 Å². The minimum absolute atomic E-state index is 0.0582. The van der Waals surface area contributed by atoms with E-state index in [0.29, 0.717) is 6.42 Å². The molecule has 0 unspecified atom stereocenters. The zero-order chi connectivity index (χ0) is 80.4. The Labute approximate surface area is 615 Å². The van der Waals surface area contributed by atoms with E-state index in [2.05, 4.69) is 21.3 Å². The van der Waals surface area contributed by atoms with Gasteiger partial charge in [0.15, 0.2) is 0 Å². The van der Waals surface area contributed by atoms with Crippen LogP contribution in [-0.4, -0.2) is 270 Å². The molecule has 13 atom stereocenters. The molecule has 0 radical (unpaired) electrons. The number of ether oxygens (including phenoxy) is 4. The summed E-state index contributed by atoms with van der Waals surface area (Å²) in [5.41, 5.74) is -2.10. The molecular formula is C74H133N11O18. The Morgan fingerprint density at radius 2 is 0.971 bits per heavy atom. The Bertz CT molecular complexity index is 2850. The highest BCUT2D eigenvalue weighted by molar-refractivity contribution is 5.99. The largest absolute Gasteiger partial charge is 0.462 e. The zero-order valence-electron chi connectivity index (χ0n) is 67.9. The lowest BCUT2D eigenvalue weighted by Gasteiger charge is -2.42. The summed E-state index contributed by atoms with van der Waals surface area (Å²) < 4.78 is 22.7. The second-order valence-electron chi connectivity index (χ2n) is 31.3. The summed E-state index contributed by atoms with van der Waals surface area (Å²) in [6.45, 7) is 38.1. The molecule has 103 heavy (non-hydrogen) atoms. The number of carbonyl (C=O) groups excluding carboxylic acids is 13. The summed E-state index contributed by atoms with van der Waals surface area (Å²) in [5, 5.41) is 21.2. The van der Waals surface area contributed by atoms with Gasteiger partial charge in [-0.3, -0.25) is 57.6 Å². The molecule has 592 valence electrons. The molecule has 0 aliphatic heterocycles. The summed E-state index contributed by atoms with van der Waals surface area (Å²) in [6.07, 6.45) is 2.19. The highest BCUT2D eigenvalue weighted by Gasteiger charge is 2.47. The van der Waals surface area contributed by atoms with Crippen LogP contribution in [0.15, 0.2) is 12.2 Å². The van der Waals surface area contributed by atoms with Crippen molar-refractivity contribution in [2.24, 2.45) is 41.4 Å². The molecule has 5 N–H and O–H groups in total. The molecular weight excluding hydrogens is 1330 g/mol. The number of rotatable bonds is 42. The van der Waals surface area contributed by atoms with E-state index in [-0.39, 0.29) is 75.7 Å². The number of hydrogen-bond acceptors (Lipinski definition) is 18. The molecule has 0 aliphatic rings. The van der Waals surface area contributed by atoms with Gasteiger partial charge in [-0.2, -0.15) is 0 Å². The fraction of sp³-hybridized carbons (Fsp3) is 0.797. The fourth-order valence-corrected chi connectivity index (χ4v) is 11.7. The first-order chi connectivity index (χ1) is 47.2. The number of nitrogens with zero attached hydrogens (tertiary/aromatic N) is 7. The molecule has 29 heteroatoms. The lowest BCUT2D eigenvalue weighted by Crippen LogP contribution is -2.63. The predicted molar refractivity (Wildman–Crippen MR) is 393 cm³/mol. The minimum atomic E-state index is -1.57. The summed E-state index contributed by atoms with van der Waals surface area (Å²) in [5.74, 6) is -11.2. The van der Waals surface area contributed by atoms with Gasteiger partial charge in [0.1, 0.15) is 78.7 Å². The molecule has 0 aromatic carbocycles. The number of allylic oxidation sites excluding steroid dienone is 2. The fourth-order valence-electron chi connectivity index (χ4n) is 11.7. The highest BCUT2D eigenvalue weighted by atomic mass is 16.6. The van der Waals surface area contributed by atoms with E-state index in [4.69, 9.17) is 18.9 Å². The van der Waals surface area contributed by atoms with Crippen molar-refractivity contribution in [2.75, 3.05) is 75.7 Å². The second kappa shape index (κ2) is 43.8. The summed E-state index contributed by atoms with van der Waals surface area (Å²) in [6, 6.07) is -12.7. The van der Waals surface area contributed by atoms with Crippen LogP contribution in [0.3, 0.4) is 0 Å². The lowest BCUT2D eigenvalue weighted by molar-refractivity contribution is -0.164. The van der Waals surface area contributed by atoms with Crippen LogP contribution in [0, 0.1) is 41.4 Å². The van der Waals surface area contributed by atoms with Gasteiger partial charge >= 0.3 is 18.0 Å². The molecule has 11 amide bonds. The number of hydrogen-bond donors (Lipinski definition) is 5. The monoisotopic (exact) mass is 1460 g/mol. The van der Waals surface area contributed by atoms with Gasteiger partial charge in [0.05, 0.1) is 25.4 Å². The maximum absolute atomic E-state index is 15.3. The number of likely N-dealkylation sites (N-methyl/N-ethyl adjacent to an activating group) is 7. The molecule has 0 bridgehead atoms. The molecule has 0 aromatic heterocycles. The van der Waals surface area contributed by atoms with Crippen LogP contribution in [0.25, 0.3) is 0 Å². The topological polar surface area (TPSA) is 350 Å². The molecule has 0 heterocycles. The SMILES string of the molecule is C/C=C/C[C@@H](C)[C@@H](OC(C)=O)[C@@H](C(=O)N[C@@H](CC)C(=O)OCCN(C)C(C)=O)N(C)C(=O)[C@H](C(C)C)N(C)C(=O)[C@H](CC(C)C)N(C)C(=O)[C@H](CC(C)C)N(C)C(=O)[C@@H](C)NC(=O)[C@H](C)NC(=O)[C@H](CC(C)C)N(C)C(=O)[C@@H](NC(=O)[C@H]([C@H](C)COCC(C)(C)O)N(C)C(=O)OC(C)(C)C)C(C)C. The third-order valence-corrected chi connectivity index (χ3v) is 17.7. The lowest BCUT2D eigenvalue weighted by atomic mass is 9.91. The van der Waals surface area contributed by atoms with Gasteiger partial charge in [-0.15, -0.1) is 0 Å². The van der Waals surface area contributed by atoms with Crippen molar-refractivity contribution in [2.45, 2.75) is 269 Å². The molecule has 0 aromatic rings. The number of aliphatic hydroxyl groups is 1. The van der Waals surface area contributed by atoms with Crippen LogP contribution in [0.5, 0.6) is 0 Å². The molecule has 29 nitrogen and oxygen atoms in total. The van der Waals surface area contributed by atoms with Crippen LogP contribution in [0.4, 0.5) is 4.79 Å². The summed E-state index contributed by atoms with van der Waals surface area (Å²) >= 11 is 0. The van der Waals surface area contributed by atoms with E-state index in [0.717, 1.165) is 9.80 Å². The standard InChI is InChI=1S/C74H133N11O18/c1-31-33-34-47(13)61(102-52(18)87)60(65(91)77-53(32-2)71(97)101-36-35-79(24)51(17)86)84(29)70(96)58(46(11)12)83(28)68(94)56(39-44(7)8)82(27)67(93)55(38-43(5)6)81(26)66(92)50(16)76-62(88)49(15)75-63(89)54(37-42(3)4)80(25)69(95)57(45(9)10)78-64(90)59(48(14)40-100-41-74(22,23)99)85(30)72(98)103-73(19,20)21/h31,33,42-50,53-61,99H,32,34-41H2,1-30H3,(H,75,89)(H,76,88)(H,77,91)(H,78,90)/b33-31+/t47-,48-,49+,50-,53+,54+,55+,56+,57+,58+,59+,60+,61-/m1/s1. The van der Waals surface area contributed by atoms with Gasteiger partial charge in [-0.25, -0.2) is 9.59 Å². The Morgan fingerprint density at radius 3 is 1.42 bits per heavy atom. The molecule has 0 rings (SSSR count). The molecule has 0 aliphatic carbocycles. The Morgan fingerprint density at radius 1 is 0.505 bits per heavy atom. The molecule has 0 saturated heterocycles. The predicted octanol–water partition coefficient (Wildman–Crippen LogP) is 5.18. The van der Waals surface area contributed by atoms with Crippen LogP contribution < -0.4 is 21.3 Å². The Kier molecular flexibility index (Phi) is 40.6. The van der Waals surface area contributed by atoms with E-state index in [1.54, 1.807) is 96.1 Å². The quantitative estimate of drug-likeness (QED) is 0.0299. The van der Waals surface area contributed by atoms with E-state index < -0.39 is 173 Å². The van der Waals surface area contributed by atoms with Gasteiger partial charge < -0.3 is 74.7 Å². The highest BCUT2D eigenvalue weighted by Crippen LogP contribution is 2.27. The molecule has 0 saturated carbocycles. The van der Waals surface area contributed by atoms with Crippen molar-refractivity contribution in [1.29, 1.82) is 0 Å². The third kappa shape index (κ3) is 31.4. The number of nitrogens with one attached hydrogen (secondary N) is 4. The van der Waals surface area contributed by atoms with E-state index in [1.165, 1.54) is 102 Å². The first-order valence-electron chi connectivity index (χ1n) is 36.2. The normalized spacial score (nSPS) is 15.7. The Balaban J connectivity index is 7.21. The van der Waals surface area contributed by atoms with Crippen LogP contribution >= 0.6 is 0 Å². The van der Waals surface area contributed by atoms with Crippen LogP contribution in [0.1, 0.15) is 191 Å². The third-order valence-electron chi connectivity index (χ3n) is 17.7. The number of carbonyl (C=O) groups is 13. The van der Waals surface area contributed by atoms with Gasteiger partial charge in [0.25, 0.3) is 0 Å². The van der Waals surface area contributed by atoms with E-state index >= 15 is 14.4 Å². The average Bonchev–Trinajstić information content (AvgIpc) is 0.799. The first kappa shape index (κ1) is 95.6. The minimum Gasteiger partial charge on any atom is -0.462 e. The smallest absolute Gasteiger partial charge is 0.410 e. The first-order valence-corrected chi connectivity index (χ1v) is 36.2. The Hall–Kier alpha value is -7.43. The number of esters is 2. The van der Waals surface area contributed by atoms with Crippen LogP contribution in [-0.2, 0) is 76.5 Å². The van der Waals surface area contributed by atoms with Crippen molar-refractivity contribution in [3.05, 3.63) is 12.2 Å². The second-order valence-corrected chi connectivity index (χ2v) is 31.3. The maximum Gasteiger partial charge on any atom is 0.410 e. The average molecular weight is 1460 g/mol.